The molecule has 438 valence electrons. The van der Waals surface area contributed by atoms with Crippen molar-refractivity contribution in [2.24, 2.45) is 0 Å². The van der Waals surface area contributed by atoms with Gasteiger partial charge in [0.2, 0.25) is 0 Å². The van der Waals surface area contributed by atoms with Crippen molar-refractivity contribution < 1.29 is 0 Å². The number of pyridine rings is 2. The first-order valence-corrected chi connectivity index (χ1v) is 32.9. The highest BCUT2D eigenvalue weighted by atomic mass is 32.1. The van der Waals surface area contributed by atoms with E-state index in [0.29, 0.717) is 23.3 Å². The molecule has 0 aliphatic rings. The predicted octanol–water partition coefficient (Wildman–Crippen LogP) is 22.8. The summed E-state index contributed by atoms with van der Waals surface area (Å²) in [4.78, 5) is 36.7. The van der Waals surface area contributed by atoms with E-state index in [9.17, 15) is 0 Å². The van der Waals surface area contributed by atoms with Gasteiger partial charge in [0.15, 0.2) is 23.3 Å². The van der Waals surface area contributed by atoms with Gasteiger partial charge in [-0.1, -0.05) is 212 Å². The molecule has 0 radical (unpaired) electrons. The maximum absolute atomic E-state index is 5.60. The molecular weight excluding hydrogens is 1180 g/mol. The van der Waals surface area contributed by atoms with Gasteiger partial charge in [0, 0.05) is 77.1 Å². The Morgan fingerprint density at radius 3 is 1.19 bits per heavy atom. The van der Waals surface area contributed by atoms with E-state index in [2.05, 4.69) is 255 Å². The van der Waals surface area contributed by atoms with Crippen LogP contribution in [0.4, 0.5) is 0 Å². The van der Waals surface area contributed by atoms with Crippen LogP contribution in [-0.4, -0.2) is 34.9 Å². The highest BCUT2D eigenvalue weighted by molar-refractivity contribution is 7.26. The van der Waals surface area contributed by atoms with Crippen molar-refractivity contribution in [1.29, 1.82) is 0 Å². The van der Waals surface area contributed by atoms with E-state index >= 15 is 0 Å². The molecule has 0 amide bonds. The minimum Gasteiger partial charge on any atom is -0.255 e. The molecule has 0 N–H and O–H groups in total. The Bertz CT molecular complexity index is 5940. The van der Waals surface area contributed by atoms with Crippen LogP contribution in [0.2, 0.25) is 0 Å². The Morgan fingerprint density at radius 2 is 0.606 bits per heavy atom. The average Bonchev–Trinajstić information content (AvgIpc) is 1.73. The molecular formula is C85H51N7S2. The molecule has 94 heavy (non-hydrogen) atoms. The summed E-state index contributed by atoms with van der Waals surface area (Å²) in [5.74, 6) is 2.41. The molecule has 0 unspecified atom stereocenters. The predicted molar refractivity (Wildman–Crippen MR) is 392 cm³/mol. The maximum atomic E-state index is 5.60. The van der Waals surface area contributed by atoms with Gasteiger partial charge in [0.05, 0.1) is 31.8 Å². The van der Waals surface area contributed by atoms with Gasteiger partial charge >= 0.3 is 0 Å². The second kappa shape index (κ2) is 23.0. The first-order chi connectivity index (χ1) is 46.5. The van der Waals surface area contributed by atoms with Crippen LogP contribution < -0.4 is 0 Å². The minimum atomic E-state index is 0.576. The molecule has 9 heteroatoms. The SMILES string of the molecule is c1ccc(-c2cc(-c3cccc(-c4cc(-c5cc(-c6nc(-c7ccccc7)nc(-c7ccccc7)n6)cc(-c6ccnc7c6sc6ccccc67)c5)c5ccccc5c4)c3)nc(-c3cc(-c4cccc5ccccc45)cc(-c4ccnc5c4sc4ccccc45)c3)n2)cc1. The topological polar surface area (TPSA) is 90.2 Å². The van der Waals surface area contributed by atoms with Gasteiger partial charge in [0.1, 0.15) is 0 Å². The molecule has 0 aliphatic heterocycles. The van der Waals surface area contributed by atoms with E-state index < -0.39 is 0 Å². The zero-order chi connectivity index (χ0) is 62.1. The van der Waals surface area contributed by atoms with Crippen LogP contribution in [0.5, 0.6) is 0 Å². The Labute approximate surface area is 549 Å². The van der Waals surface area contributed by atoms with Crippen molar-refractivity contribution in [3.63, 3.8) is 0 Å². The lowest BCUT2D eigenvalue weighted by Gasteiger charge is -2.16. The molecule has 18 rings (SSSR count). The molecule has 0 saturated carbocycles. The number of fused-ring (bicyclic) bond motifs is 8. The van der Waals surface area contributed by atoms with Gasteiger partial charge in [-0.15, -0.1) is 22.7 Å². The van der Waals surface area contributed by atoms with Crippen LogP contribution in [0.1, 0.15) is 0 Å². The van der Waals surface area contributed by atoms with Crippen molar-refractivity contribution >= 4 is 84.8 Å². The lowest BCUT2D eigenvalue weighted by Crippen LogP contribution is -2.00. The first kappa shape index (κ1) is 54.9. The van der Waals surface area contributed by atoms with Gasteiger partial charge in [-0.2, -0.15) is 0 Å². The summed E-state index contributed by atoms with van der Waals surface area (Å²) >= 11 is 3.56. The Hall–Kier alpha value is -12.0. The quantitative estimate of drug-likeness (QED) is 0.127. The zero-order valence-electron chi connectivity index (χ0n) is 50.4. The van der Waals surface area contributed by atoms with Crippen LogP contribution in [0.25, 0.3) is 186 Å². The molecule has 0 spiro atoms. The number of benzene rings is 12. The fourth-order valence-corrected chi connectivity index (χ4v) is 15.7. The third-order valence-corrected chi connectivity index (χ3v) is 20.2. The summed E-state index contributed by atoms with van der Waals surface area (Å²) in [5, 5.41) is 6.89. The standard InChI is InChI=1S/C85H51N7S2/c1-4-21-53(22-5-1)74-51-75(89-84(88-74)64-46-60(68-35-19-28-52-20-10-12-31-66(52)68)44-61(47-64)69-38-40-86-78-71-33-14-16-36-76(71)93-80(69)78)58-30-18-29-56(42-58)59-43-57-27-11-13-32-67(57)73(50-59)63-45-62(70-39-41-87-79-72-34-15-17-37-77(72)94-81(70)79)48-65(49-63)85-91-82(54-23-6-2-7-24-54)90-83(92-85)55-25-8-3-9-26-55/h1-51H. The van der Waals surface area contributed by atoms with E-state index in [1.165, 1.54) is 20.2 Å². The van der Waals surface area contributed by atoms with Crippen molar-refractivity contribution in [2.45, 2.75) is 0 Å². The van der Waals surface area contributed by atoms with E-state index in [1.54, 1.807) is 22.7 Å². The van der Waals surface area contributed by atoms with Gasteiger partial charge < -0.3 is 0 Å². The number of thiophene rings is 2. The Balaban J connectivity index is 0.815. The molecule has 0 atom stereocenters. The normalized spacial score (nSPS) is 11.6. The second-order valence-electron chi connectivity index (χ2n) is 23.6. The van der Waals surface area contributed by atoms with Crippen molar-refractivity contribution in [1.82, 2.24) is 34.9 Å². The Kier molecular flexibility index (Phi) is 13.4. The van der Waals surface area contributed by atoms with Gasteiger partial charge in [-0.05, 0) is 151 Å². The fourth-order valence-electron chi connectivity index (χ4n) is 13.3. The van der Waals surface area contributed by atoms with Crippen LogP contribution in [0.15, 0.2) is 310 Å². The van der Waals surface area contributed by atoms with E-state index in [0.717, 1.165) is 142 Å². The molecule has 12 aromatic carbocycles. The maximum Gasteiger partial charge on any atom is 0.164 e. The van der Waals surface area contributed by atoms with Gasteiger partial charge in [0.25, 0.3) is 0 Å². The smallest absolute Gasteiger partial charge is 0.164 e. The third kappa shape index (κ3) is 9.95. The lowest BCUT2D eigenvalue weighted by molar-refractivity contribution is 1.07. The van der Waals surface area contributed by atoms with Crippen molar-refractivity contribution in [2.75, 3.05) is 0 Å². The zero-order valence-corrected chi connectivity index (χ0v) is 52.0. The molecule has 18 aromatic rings. The van der Waals surface area contributed by atoms with Crippen LogP contribution >= 0.6 is 22.7 Å². The van der Waals surface area contributed by atoms with Gasteiger partial charge in [-0.3, -0.25) is 9.97 Å². The van der Waals surface area contributed by atoms with E-state index in [1.807, 2.05) is 54.9 Å². The van der Waals surface area contributed by atoms with E-state index in [4.69, 9.17) is 34.9 Å². The molecule has 6 aromatic heterocycles. The number of hydrogen-bond acceptors (Lipinski definition) is 9. The summed E-state index contributed by atoms with van der Waals surface area (Å²) in [6, 6.07) is 105. The minimum absolute atomic E-state index is 0.576. The second-order valence-corrected chi connectivity index (χ2v) is 25.7. The fraction of sp³-hybridized carbons (Fsp3) is 0. The van der Waals surface area contributed by atoms with Crippen molar-refractivity contribution in [3.8, 4) is 124 Å². The number of aromatic nitrogens is 7. The van der Waals surface area contributed by atoms with Crippen molar-refractivity contribution in [3.05, 3.63) is 310 Å². The Morgan fingerprint density at radius 1 is 0.213 bits per heavy atom. The van der Waals surface area contributed by atoms with Crippen LogP contribution in [-0.2, 0) is 0 Å². The summed E-state index contributed by atoms with van der Waals surface area (Å²) in [6.07, 6.45) is 3.88. The molecule has 0 saturated heterocycles. The molecule has 7 nitrogen and oxygen atoms in total. The summed E-state index contributed by atoms with van der Waals surface area (Å²) < 4.78 is 4.66. The monoisotopic (exact) mass is 1230 g/mol. The highest BCUT2D eigenvalue weighted by Crippen LogP contribution is 2.46. The van der Waals surface area contributed by atoms with Crippen LogP contribution in [0, 0.1) is 0 Å². The number of nitrogens with zero attached hydrogens (tertiary/aromatic N) is 7. The summed E-state index contributed by atoms with van der Waals surface area (Å²) in [7, 11) is 0. The summed E-state index contributed by atoms with van der Waals surface area (Å²) in [5.41, 5.74) is 19.9. The van der Waals surface area contributed by atoms with E-state index in [-0.39, 0.29) is 0 Å². The third-order valence-electron chi connectivity index (χ3n) is 17.8. The molecule has 0 bridgehead atoms. The lowest BCUT2D eigenvalue weighted by atomic mass is 9.90. The van der Waals surface area contributed by atoms with Crippen LogP contribution in [0.3, 0.4) is 0 Å². The number of hydrogen-bond donors (Lipinski definition) is 0. The number of rotatable bonds is 11. The molecule has 0 fully saturated rings. The first-order valence-electron chi connectivity index (χ1n) is 31.3. The summed E-state index contributed by atoms with van der Waals surface area (Å²) in [6.45, 7) is 0. The highest BCUT2D eigenvalue weighted by Gasteiger charge is 2.22. The van der Waals surface area contributed by atoms with Gasteiger partial charge in [-0.25, -0.2) is 24.9 Å². The molecule has 6 heterocycles. The largest absolute Gasteiger partial charge is 0.255 e. The molecule has 0 aliphatic carbocycles. The average molecular weight is 1230 g/mol.